The van der Waals surface area contributed by atoms with Crippen LogP contribution in [0.1, 0.15) is 23.4 Å². The van der Waals surface area contributed by atoms with Crippen molar-refractivity contribution >= 4 is 23.1 Å². The summed E-state index contributed by atoms with van der Waals surface area (Å²) in [6.45, 7) is 5.10. The van der Waals surface area contributed by atoms with E-state index in [9.17, 15) is 9.18 Å². The molecular formula is C16H21FN4O2S. The molecule has 1 aliphatic rings. The van der Waals surface area contributed by atoms with Gasteiger partial charge in [-0.05, 0) is 31.7 Å². The monoisotopic (exact) mass is 352 g/mol. The van der Waals surface area contributed by atoms with E-state index in [-0.39, 0.29) is 12.1 Å². The number of alkyl halides is 1. The molecule has 2 atom stereocenters. The molecule has 6 nitrogen and oxygen atoms in total. The number of aryl methyl sites for hydroxylation is 2. The zero-order valence-corrected chi connectivity index (χ0v) is 14.5. The zero-order valence-electron chi connectivity index (χ0n) is 13.7. The van der Waals surface area contributed by atoms with Gasteiger partial charge in [0.1, 0.15) is 11.9 Å². The largest absolute Gasteiger partial charge is 0.361 e. The van der Waals surface area contributed by atoms with Crippen molar-refractivity contribution in [3.8, 4) is 0 Å². The first-order chi connectivity index (χ1) is 11.5. The number of carbonyl (C=O) groups excluding carboxylic acids is 1. The lowest BCUT2D eigenvalue weighted by atomic mass is 10.1. The minimum Gasteiger partial charge on any atom is -0.361 e. The zero-order chi connectivity index (χ0) is 17.1. The third-order valence-corrected chi connectivity index (χ3v) is 4.98. The van der Waals surface area contributed by atoms with E-state index in [1.807, 2.05) is 35.6 Å². The molecule has 0 radical (unpaired) electrons. The van der Waals surface area contributed by atoms with Crippen LogP contribution in [0.15, 0.2) is 21.3 Å². The highest BCUT2D eigenvalue weighted by Crippen LogP contribution is 2.24. The first kappa shape index (κ1) is 16.9. The SMILES string of the molecule is Cc1noc(C)c1CN1C[C@@H](F)C[C@H]1CNC(=O)Nc1ccsc1. The number of likely N-dealkylation sites (tertiary alicyclic amines) is 1. The van der Waals surface area contributed by atoms with Crippen LogP contribution >= 0.6 is 11.3 Å². The number of amides is 2. The second-order valence-electron chi connectivity index (χ2n) is 6.07. The van der Waals surface area contributed by atoms with Crippen LogP contribution in [0.3, 0.4) is 0 Å². The number of rotatable bonds is 5. The van der Waals surface area contributed by atoms with Crippen molar-refractivity contribution in [2.75, 3.05) is 18.4 Å². The molecule has 0 bridgehead atoms. The van der Waals surface area contributed by atoms with E-state index < -0.39 is 6.17 Å². The summed E-state index contributed by atoms with van der Waals surface area (Å²) < 4.78 is 19.1. The molecule has 3 heterocycles. The lowest BCUT2D eigenvalue weighted by molar-refractivity contribution is 0.223. The standard InChI is InChI=1S/C16H21FN4O2S/c1-10-15(11(2)23-20-10)8-21-7-12(17)5-14(21)6-18-16(22)19-13-3-4-24-9-13/h3-4,9,12,14H,5-8H2,1-2H3,(H2,18,19,22)/t12-,14-/m0/s1. The first-order valence-electron chi connectivity index (χ1n) is 7.90. The number of anilines is 1. The average Bonchev–Trinajstić information content (AvgIpc) is 3.23. The Hall–Kier alpha value is -1.93. The molecule has 1 saturated heterocycles. The number of urea groups is 1. The maximum atomic E-state index is 13.9. The molecule has 8 heteroatoms. The lowest BCUT2D eigenvalue weighted by Gasteiger charge is -2.24. The van der Waals surface area contributed by atoms with Crippen LogP contribution in [0.2, 0.25) is 0 Å². The van der Waals surface area contributed by atoms with Crippen molar-refractivity contribution in [2.45, 2.75) is 39.0 Å². The highest BCUT2D eigenvalue weighted by molar-refractivity contribution is 7.08. The van der Waals surface area contributed by atoms with Gasteiger partial charge in [0, 0.05) is 36.6 Å². The van der Waals surface area contributed by atoms with E-state index in [0.29, 0.717) is 26.1 Å². The van der Waals surface area contributed by atoms with Gasteiger partial charge in [0.15, 0.2) is 0 Å². The smallest absolute Gasteiger partial charge is 0.319 e. The van der Waals surface area contributed by atoms with Gasteiger partial charge in [0.2, 0.25) is 0 Å². The van der Waals surface area contributed by atoms with Crippen LogP contribution in [0.25, 0.3) is 0 Å². The number of halogens is 1. The highest BCUT2D eigenvalue weighted by atomic mass is 32.1. The predicted molar refractivity (Wildman–Crippen MR) is 91.0 cm³/mol. The van der Waals surface area contributed by atoms with E-state index in [0.717, 1.165) is 22.7 Å². The summed E-state index contributed by atoms with van der Waals surface area (Å²) in [7, 11) is 0. The Morgan fingerprint density at radius 1 is 1.54 bits per heavy atom. The van der Waals surface area contributed by atoms with Crippen LogP contribution in [0.5, 0.6) is 0 Å². The van der Waals surface area contributed by atoms with Crippen molar-refractivity contribution in [1.29, 1.82) is 0 Å². The Morgan fingerprint density at radius 3 is 3.04 bits per heavy atom. The van der Waals surface area contributed by atoms with E-state index >= 15 is 0 Å². The molecule has 0 aliphatic carbocycles. The average molecular weight is 352 g/mol. The molecule has 3 rings (SSSR count). The summed E-state index contributed by atoms with van der Waals surface area (Å²) in [5.74, 6) is 0.761. The third kappa shape index (κ3) is 3.93. The fraction of sp³-hybridized carbons (Fsp3) is 0.500. The third-order valence-electron chi connectivity index (χ3n) is 4.30. The number of hydrogen-bond donors (Lipinski definition) is 2. The molecule has 24 heavy (non-hydrogen) atoms. The Kier molecular flexibility index (Phi) is 5.15. The van der Waals surface area contributed by atoms with Crippen LogP contribution in [0.4, 0.5) is 14.9 Å². The summed E-state index contributed by atoms with van der Waals surface area (Å²) in [5.41, 5.74) is 2.59. The number of hydrogen-bond acceptors (Lipinski definition) is 5. The number of aromatic nitrogens is 1. The van der Waals surface area contributed by atoms with E-state index in [2.05, 4.69) is 15.8 Å². The van der Waals surface area contributed by atoms with E-state index in [1.54, 1.807) is 0 Å². The van der Waals surface area contributed by atoms with Crippen molar-refractivity contribution in [3.05, 3.63) is 33.8 Å². The summed E-state index contributed by atoms with van der Waals surface area (Å²) in [6, 6.07) is 1.52. The first-order valence-corrected chi connectivity index (χ1v) is 8.84. The highest BCUT2D eigenvalue weighted by Gasteiger charge is 2.33. The van der Waals surface area contributed by atoms with Gasteiger partial charge < -0.3 is 15.2 Å². The molecule has 0 unspecified atom stereocenters. The quantitative estimate of drug-likeness (QED) is 0.867. The van der Waals surface area contributed by atoms with E-state index in [4.69, 9.17) is 4.52 Å². The number of carbonyl (C=O) groups is 1. The molecular weight excluding hydrogens is 331 g/mol. The molecule has 2 amide bonds. The minimum absolute atomic E-state index is 0.0399. The van der Waals surface area contributed by atoms with Crippen LogP contribution in [-0.4, -0.2) is 41.4 Å². The van der Waals surface area contributed by atoms with Gasteiger partial charge in [-0.1, -0.05) is 5.16 Å². The topological polar surface area (TPSA) is 70.4 Å². The predicted octanol–water partition coefficient (Wildman–Crippen LogP) is 3.09. The lowest BCUT2D eigenvalue weighted by Crippen LogP contribution is -2.41. The van der Waals surface area contributed by atoms with Crippen LogP contribution < -0.4 is 10.6 Å². The fourth-order valence-corrected chi connectivity index (χ4v) is 3.57. The number of thiophene rings is 1. The van der Waals surface area contributed by atoms with Crippen molar-refractivity contribution in [3.63, 3.8) is 0 Å². The van der Waals surface area contributed by atoms with Crippen molar-refractivity contribution in [2.24, 2.45) is 0 Å². The maximum Gasteiger partial charge on any atom is 0.319 e. The van der Waals surface area contributed by atoms with Gasteiger partial charge in [0.05, 0.1) is 11.4 Å². The molecule has 1 aliphatic heterocycles. The van der Waals surface area contributed by atoms with Gasteiger partial charge in [-0.3, -0.25) is 4.90 Å². The molecule has 2 aromatic heterocycles. The van der Waals surface area contributed by atoms with Crippen LogP contribution in [-0.2, 0) is 6.54 Å². The molecule has 0 aromatic carbocycles. The molecule has 0 saturated carbocycles. The number of nitrogens with zero attached hydrogens (tertiary/aromatic N) is 2. The summed E-state index contributed by atoms with van der Waals surface area (Å²) in [6.07, 6.45) is -0.459. The normalized spacial score (nSPS) is 21.1. The molecule has 2 N–H and O–H groups in total. The van der Waals surface area contributed by atoms with Gasteiger partial charge >= 0.3 is 6.03 Å². The Balaban J connectivity index is 1.56. The van der Waals surface area contributed by atoms with Gasteiger partial charge in [-0.25, -0.2) is 9.18 Å². The summed E-state index contributed by atoms with van der Waals surface area (Å²) in [4.78, 5) is 14.0. The second kappa shape index (κ2) is 7.31. The molecule has 2 aromatic rings. The Morgan fingerprint density at radius 2 is 2.38 bits per heavy atom. The van der Waals surface area contributed by atoms with Gasteiger partial charge in [0.25, 0.3) is 0 Å². The minimum atomic E-state index is -0.878. The second-order valence-corrected chi connectivity index (χ2v) is 6.85. The Labute approximate surface area is 144 Å². The molecule has 1 fully saturated rings. The van der Waals surface area contributed by atoms with Gasteiger partial charge in [-0.2, -0.15) is 11.3 Å². The summed E-state index contributed by atoms with van der Waals surface area (Å²) in [5, 5.41) is 13.3. The Bertz CT molecular complexity index is 669. The van der Waals surface area contributed by atoms with E-state index in [1.165, 1.54) is 11.3 Å². The van der Waals surface area contributed by atoms with Gasteiger partial charge in [-0.15, -0.1) is 0 Å². The van der Waals surface area contributed by atoms with Crippen molar-refractivity contribution in [1.82, 2.24) is 15.4 Å². The number of nitrogens with one attached hydrogen (secondary N) is 2. The fourth-order valence-electron chi connectivity index (χ4n) is 2.98. The van der Waals surface area contributed by atoms with Crippen molar-refractivity contribution < 1.29 is 13.7 Å². The van der Waals surface area contributed by atoms with Crippen LogP contribution in [0, 0.1) is 13.8 Å². The summed E-state index contributed by atoms with van der Waals surface area (Å²) >= 11 is 1.52. The maximum absolute atomic E-state index is 13.9. The molecule has 130 valence electrons. The molecule has 0 spiro atoms.